The average Bonchev–Trinajstić information content (AvgIpc) is 3.32. The van der Waals surface area contributed by atoms with Crippen molar-refractivity contribution >= 4 is 5.91 Å². The van der Waals surface area contributed by atoms with Crippen LogP contribution in [0.5, 0.6) is 5.75 Å². The van der Waals surface area contributed by atoms with E-state index in [1.165, 1.54) is 19.1 Å². The number of amides is 1. The van der Waals surface area contributed by atoms with Gasteiger partial charge in [-0.15, -0.1) is 0 Å². The van der Waals surface area contributed by atoms with Gasteiger partial charge < -0.3 is 14.7 Å². The maximum Gasteiger partial charge on any atom is 0.219 e. The molecule has 0 fully saturated rings. The van der Waals surface area contributed by atoms with Crippen molar-refractivity contribution in [3.05, 3.63) is 70.2 Å². The second-order valence-electron chi connectivity index (χ2n) is 8.66. The van der Waals surface area contributed by atoms with Gasteiger partial charge in [0.05, 0.1) is 18.4 Å². The Balaban J connectivity index is 1.68. The SMILES string of the molecule is CCOc1cc(-c2nn([C@@H]3c4cc(F)cc(F)c4C[C@H]3O)c3c2CN(C(C)=O)CC3)ccc1F. The zero-order chi connectivity index (χ0) is 24.1. The van der Waals surface area contributed by atoms with Crippen LogP contribution < -0.4 is 4.74 Å². The van der Waals surface area contributed by atoms with Gasteiger partial charge in [-0.2, -0.15) is 5.10 Å². The van der Waals surface area contributed by atoms with Crippen LogP contribution in [-0.4, -0.2) is 44.9 Å². The summed E-state index contributed by atoms with van der Waals surface area (Å²) in [6.45, 7) is 4.27. The molecule has 0 bridgehead atoms. The smallest absolute Gasteiger partial charge is 0.219 e. The predicted octanol–water partition coefficient (Wildman–Crippen LogP) is 3.78. The van der Waals surface area contributed by atoms with Crippen molar-refractivity contribution in [2.45, 2.75) is 45.4 Å². The fraction of sp³-hybridized carbons (Fsp3) is 0.360. The Kier molecular flexibility index (Phi) is 5.59. The van der Waals surface area contributed by atoms with E-state index in [0.29, 0.717) is 29.8 Å². The molecule has 5 rings (SSSR count). The van der Waals surface area contributed by atoms with Crippen LogP contribution in [0.1, 0.15) is 42.3 Å². The molecule has 2 heterocycles. The molecule has 6 nitrogen and oxygen atoms in total. The lowest BCUT2D eigenvalue weighted by atomic mass is 9.99. The molecule has 0 saturated heterocycles. The number of carbonyl (C=O) groups excluding carboxylic acids is 1. The first-order chi connectivity index (χ1) is 16.3. The minimum atomic E-state index is -0.999. The highest BCUT2D eigenvalue weighted by Crippen LogP contribution is 2.41. The number of hydrogen-bond donors (Lipinski definition) is 1. The van der Waals surface area contributed by atoms with Crippen molar-refractivity contribution in [1.29, 1.82) is 0 Å². The summed E-state index contributed by atoms with van der Waals surface area (Å²) in [5.41, 5.74) is 3.25. The summed E-state index contributed by atoms with van der Waals surface area (Å²) in [4.78, 5) is 13.8. The van der Waals surface area contributed by atoms with Gasteiger partial charge in [-0.25, -0.2) is 13.2 Å². The number of ether oxygens (including phenoxy) is 1. The summed E-state index contributed by atoms with van der Waals surface area (Å²) >= 11 is 0. The first-order valence-corrected chi connectivity index (χ1v) is 11.2. The van der Waals surface area contributed by atoms with E-state index in [1.54, 1.807) is 28.6 Å². The normalized spacial score (nSPS) is 19.2. The molecule has 178 valence electrons. The molecular formula is C25H24F3N3O3. The first-order valence-electron chi connectivity index (χ1n) is 11.2. The molecule has 1 aliphatic heterocycles. The quantitative estimate of drug-likeness (QED) is 0.629. The van der Waals surface area contributed by atoms with Gasteiger partial charge in [-0.1, -0.05) is 0 Å². The number of hydrogen-bond acceptors (Lipinski definition) is 4. The van der Waals surface area contributed by atoms with Crippen LogP contribution >= 0.6 is 0 Å². The summed E-state index contributed by atoms with van der Waals surface area (Å²) in [6, 6.07) is 5.70. The molecule has 1 N–H and O–H groups in total. The largest absolute Gasteiger partial charge is 0.491 e. The topological polar surface area (TPSA) is 67.6 Å². The monoisotopic (exact) mass is 471 g/mol. The third-order valence-corrected chi connectivity index (χ3v) is 6.59. The number of nitrogens with zero attached hydrogens (tertiary/aromatic N) is 3. The third kappa shape index (κ3) is 3.64. The lowest BCUT2D eigenvalue weighted by Gasteiger charge is -2.28. The van der Waals surface area contributed by atoms with E-state index in [0.717, 1.165) is 17.3 Å². The molecule has 0 saturated carbocycles. The number of carbonyl (C=O) groups is 1. The van der Waals surface area contributed by atoms with Crippen LogP contribution in [0.25, 0.3) is 11.3 Å². The van der Waals surface area contributed by atoms with Crippen LogP contribution in [-0.2, 0) is 24.2 Å². The van der Waals surface area contributed by atoms with Gasteiger partial charge in [0, 0.05) is 55.7 Å². The predicted molar refractivity (Wildman–Crippen MR) is 118 cm³/mol. The molecule has 3 aromatic rings. The van der Waals surface area contributed by atoms with E-state index in [1.807, 2.05) is 0 Å². The van der Waals surface area contributed by atoms with E-state index in [-0.39, 0.29) is 36.8 Å². The van der Waals surface area contributed by atoms with Crippen molar-refractivity contribution in [3.8, 4) is 17.0 Å². The minimum Gasteiger partial charge on any atom is -0.491 e. The van der Waals surface area contributed by atoms with Crippen molar-refractivity contribution < 1.29 is 27.8 Å². The highest BCUT2D eigenvalue weighted by Gasteiger charge is 2.39. The Morgan fingerprint density at radius 1 is 1.18 bits per heavy atom. The van der Waals surface area contributed by atoms with Gasteiger partial charge in [-0.3, -0.25) is 9.48 Å². The number of aliphatic hydroxyl groups excluding tert-OH is 1. The molecule has 1 aromatic heterocycles. The molecule has 1 aliphatic carbocycles. The Morgan fingerprint density at radius 2 is 1.97 bits per heavy atom. The van der Waals surface area contributed by atoms with E-state index >= 15 is 0 Å². The number of aromatic nitrogens is 2. The lowest BCUT2D eigenvalue weighted by Crippen LogP contribution is -2.35. The summed E-state index contributed by atoms with van der Waals surface area (Å²) in [6.07, 6.45) is -0.500. The van der Waals surface area contributed by atoms with Crippen molar-refractivity contribution in [2.24, 2.45) is 0 Å². The van der Waals surface area contributed by atoms with Crippen LogP contribution in [0.15, 0.2) is 30.3 Å². The molecule has 2 atom stereocenters. The summed E-state index contributed by atoms with van der Waals surface area (Å²) in [7, 11) is 0. The van der Waals surface area contributed by atoms with E-state index in [4.69, 9.17) is 9.84 Å². The molecule has 0 radical (unpaired) electrons. The number of halogens is 3. The second-order valence-corrected chi connectivity index (χ2v) is 8.66. The molecule has 9 heteroatoms. The first kappa shape index (κ1) is 22.5. The average molecular weight is 471 g/mol. The second kappa shape index (κ2) is 8.47. The fourth-order valence-electron chi connectivity index (χ4n) is 5.02. The Morgan fingerprint density at radius 3 is 2.71 bits per heavy atom. The summed E-state index contributed by atoms with van der Waals surface area (Å²) in [5.74, 6) is -1.93. The van der Waals surface area contributed by atoms with Crippen molar-refractivity contribution in [1.82, 2.24) is 14.7 Å². The molecule has 0 unspecified atom stereocenters. The van der Waals surface area contributed by atoms with Gasteiger partial charge in [0.25, 0.3) is 0 Å². The Hall–Kier alpha value is -3.33. The van der Waals surface area contributed by atoms with Gasteiger partial charge in [0.1, 0.15) is 17.7 Å². The number of benzene rings is 2. The molecular weight excluding hydrogens is 447 g/mol. The maximum absolute atomic E-state index is 14.4. The van der Waals surface area contributed by atoms with Gasteiger partial charge in [0.15, 0.2) is 11.6 Å². The van der Waals surface area contributed by atoms with Gasteiger partial charge >= 0.3 is 0 Å². The van der Waals surface area contributed by atoms with Gasteiger partial charge in [-0.05, 0) is 42.3 Å². The number of fused-ring (bicyclic) bond motifs is 2. The number of rotatable bonds is 4. The lowest BCUT2D eigenvalue weighted by molar-refractivity contribution is -0.129. The fourth-order valence-corrected chi connectivity index (χ4v) is 5.02. The van der Waals surface area contributed by atoms with Crippen molar-refractivity contribution in [3.63, 3.8) is 0 Å². The highest BCUT2D eigenvalue weighted by atomic mass is 19.1. The van der Waals surface area contributed by atoms with E-state index in [9.17, 15) is 23.1 Å². The summed E-state index contributed by atoms with van der Waals surface area (Å²) in [5, 5.41) is 15.6. The standard InChI is InChI=1S/C25H24F3N3O3/c1-3-34-23-8-14(4-5-19(23)27)24-18-12-30(13(2)32)7-6-21(18)31(29-24)25-17-9-15(26)10-20(28)16(17)11-22(25)33/h4-5,8-10,22,25,33H,3,6-7,11-12H2,1-2H3/t22-,25-/m1/s1. The Labute approximate surface area is 194 Å². The van der Waals surface area contributed by atoms with E-state index < -0.39 is 29.6 Å². The molecule has 2 aliphatic rings. The highest BCUT2D eigenvalue weighted by molar-refractivity contribution is 5.75. The van der Waals surface area contributed by atoms with Gasteiger partial charge in [0.2, 0.25) is 5.91 Å². The molecule has 2 aromatic carbocycles. The molecule has 1 amide bonds. The maximum atomic E-state index is 14.4. The summed E-state index contributed by atoms with van der Waals surface area (Å²) < 4.78 is 49.8. The van der Waals surface area contributed by atoms with Crippen molar-refractivity contribution in [2.75, 3.05) is 13.2 Å². The molecule has 0 spiro atoms. The Bertz CT molecular complexity index is 1290. The minimum absolute atomic E-state index is 0.0423. The van der Waals surface area contributed by atoms with E-state index in [2.05, 4.69) is 0 Å². The third-order valence-electron chi connectivity index (χ3n) is 6.59. The number of aliphatic hydroxyl groups is 1. The van der Waals surface area contributed by atoms with Crippen LogP contribution in [0.4, 0.5) is 13.2 Å². The zero-order valence-corrected chi connectivity index (χ0v) is 18.8. The van der Waals surface area contributed by atoms with Crippen LogP contribution in [0.3, 0.4) is 0 Å². The van der Waals surface area contributed by atoms with Crippen LogP contribution in [0, 0.1) is 17.5 Å². The van der Waals surface area contributed by atoms with Crippen LogP contribution in [0.2, 0.25) is 0 Å². The molecule has 34 heavy (non-hydrogen) atoms. The zero-order valence-electron chi connectivity index (χ0n) is 18.8.